The van der Waals surface area contributed by atoms with Crippen molar-refractivity contribution in [2.24, 2.45) is 0 Å². The van der Waals surface area contributed by atoms with E-state index in [1.54, 1.807) is 0 Å². The highest BCUT2D eigenvalue weighted by molar-refractivity contribution is 6.00. The Morgan fingerprint density at radius 2 is 1.64 bits per heavy atom. The van der Waals surface area contributed by atoms with Gasteiger partial charge in [-0.05, 0) is 30.3 Å². The minimum absolute atomic E-state index is 0.000944. The van der Waals surface area contributed by atoms with Crippen LogP contribution in [0, 0.1) is 11.6 Å². The van der Waals surface area contributed by atoms with Gasteiger partial charge in [-0.25, -0.2) is 14.0 Å². The van der Waals surface area contributed by atoms with Crippen LogP contribution >= 0.6 is 0 Å². The largest absolute Gasteiger partial charge is 0.478 e. The summed E-state index contributed by atoms with van der Waals surface area (Å²) in [4.78, 5) is 48.0. The maximum atomic E-state index is 15.6. The number of carbonyl (C=O) groups is 4. The van der Waals surface area contributed by atoms with E-state index in [0.717, 1.165) is 38.1 Å². The van der Waals surface area contributed by atoms with E-state index in [9.17, 15) is 28.7 Å². The quantitative estimate of drug-likeness (QED) is 0.422. The summed E-state index contributed by atoms with van der Waals surface area (Å²) in [6, 6.07) is 7.85. The van der Waals surface area contributed by atoms with Crippen LogP contribution in [0.2, 0.25) is 0 Å². The number of halogens is 2. The molecule has 1 N–H and O–H groups in total. The highest BCUT2D eigenvalue weighted by Gasteiger charge is 2.56. The number of ether oxygens (including phenoxy) is 4. The predicted molar refractivity (Wildman–Crippen MR) is 114 cm³/mol. The van der Waals surface area contributed by atoms with Crippen molar-refractivity contribution < 1.29 is 52.0 Å². The molecule has 182 valence electrons. The van der Waals surface area contributed by atoms with E-state index in [4.69, 9.17) is 18.9 Å². The van der Waals surface area contributed by atoms with Crippen LogP contribution < -0.4 is 14.2 Å². The van der Waals surface area contributed by atoms with Crippen LogP contribution in [0.25, 0.3) is 0 Å². The van der Waals surface area contributed by atoms with Gasteiger partial charge < -0.3 is 24.1 Å². The van der Waals surface area contributed by atoms with Gasteiger partial charge in [0, 0.05) is 25.5 Å². The highest BCUT2D eigenvalue weighted by atomic mass is 19.1. The average Bonchev–Trinajstić information content (AvgIpc) is 3.09. The molecule has 2 heterocycles. The Morgan fingerprint density at radius 1 is 0.917 bits per heavy atom. The monoisotopic (exact) mass is 496 g/mol. The lowest BCUT2D eigenvalue weighted by Gasteiger charge is -2.37. The molecule has 3 aromatic carbocycles. The zero-order chi connectivity index (χ0) is 25.9. The molecule has 1 atom stereocenters. The lowest BCUT2D eigenvalue weighted by Crippen LogP contribution is -2.34. The second-order valence-corrected chi connectivity index (χ2v) is 7.96. The molecule has 0 bridgehead atoms. The average molecular weight is 496 g/mol. The number of carboxylic acids is 1. The van der Waals surface area contributed by atoms with Gasteiger partial charge in [0.1, 0.15) is 17.3 Å². The molecule has 5 rings (SSSR count). The molecule has 0 aromatic heterocycles. The lowest BCUT2D eigenvalue weighted by molar-refractivity contribution is -0.132. The number of hydrogen-bond acceptors (Lipinski definition) is 8. The van der Waals surface area contributed by atoms with Gasteiger partial charge in [-0.3, -0.25) is 9.59 Å². The van der Waals surface area contributed by atoms with Crippen LogP contribution in [-0.4, -0.2) is 29.0 Å². The summed E-state index contributed by atoms with van der Waals surface area (Å²) in [6.07, 6.45) is 0. The van der Waals surface area contributed by atoms with Crippen LogP contribution in [0.15, 0.2) is 42.5 Å². The third kappa shape index (κ3) is 3.28. The highest BCUT2D eigenvalue weighted by Crippen LogP contribution is 2.60. The van der Waals surface area contributed by atoms with Crippen molar-refractivity contribution in [3.05, 3.63) is 81.9 Å². The Labute approximate surface area is 200 Å². The summed E-state index contributed by atoms with van der Waals surface area (Å²) < 4.78 is 51.7. The number of rotatable bonds is 3. The molecule has 3 aromatic rings. The molecule has 2 aliphatic rings. The zero-order valence-electron chi connectivity index (χ0n) is 18.5. The van der Waals surface area contributed by atoms with Gasteiger partial charge in [0.15, 0.2) is 17.1 Å². The molecule has 1 spiro atoms. The van der Waals surface area contributed by atoms with Gasteiger partial charge in [-0.1, -0.05) is 6.07 Å². The molecule has 0 amide bonds. The van der Waals surface area contributed by atoms with Crippen molar-refractivity contribution in [1.29, 1.82) is 0 Å². The topological polar surface area (TPSA) is 125 Å². The fourth-order valence-electron chi connectivity index (χ4n) is 4.38. The summed E-state index contributed by atoms with van der Waals surface area (Å²) in [5.41, 5.74) is -2.88. The standard InChI is InChI=1S/C25H14F2O9/c1-10(28)33-19-9-18-20(22(21(19)27)34-11(2)29)25(16-8-13(26)4-6-17(16)35-18)15-5-3-12(23(30)31)7-14(15)24(32)36-25/h3-9H,1-2H3,(H,30,31). The second-order valence-electron chi connectivity index (χ2n) is 7.96. The predicted octanol–water partition coefficient (Wildman–Crippen LogP) is 4.08. The summed E-state index contributed by atoms with van der Waals surface area (Å²) in [5, 5.41) is 9.37. The van der Waals surface area contributed by atoms with E-state index in [1.807, 2.05) is 0 Å². The minimum atomic E-state index is -2.10. The number of esters is 3. The number of hydrogen-bond donors (Lipinski definition) is 1. The summed E-state index contributed by atoms with van der Waals surface area (Å²) in [5.74, 6) is -7.83. The Kier molecular flexibility index (Phi) is 5.02. The van der Waals surface area contributed by atoms with E-state index in [1.165, 1.54) is 18.2 Å². The van der Waals surface area contributed by atoms with Crippen LogP contribution in [0.4, 0.5) is 8.78 Å². The van der Waals surface area contributed by atoms with E-state index in [2.05, 4.69) is 0 Å². The lowest BCUT2D eigenvalue weighted by atomic mass is 9.76. The Hall–Kier alpha value is -4.80. The first-order chi connectivity index (χ1) is 17.0. The smallest absolute Gasteiger partial charge is 0.340 e. The van der Waals surface area contributed by atoms with Gasteiger partial charge in [0.2, 0.25) is 5.82 Å². The van der Waals surface area contributed by atoms with Crippen molar-refractivity contribution >= 4 is 23.9 Å². The first-order valence-electron chi connectivity index (χ1n) is 10.4. The molecule has 9 nitrogen and oxygen atoms in total. The normalized spacial score (nSPS) is 16.8. The van der Waals surface area contributed by atoms with Gasteiger partial charge in [-0.2, -0.15) is 4.39 Å². The van der Waals surface area contributed by atoms with Gasteiger partial charge >= 0.3 is 23.9 Å². The van der Waals surface area contributed by atoms with Gasteiger partial charge in [-0.15, -0.1) is 0 Å². The fourth-order valence-corrected chi connectivity index (χ4v) is 4.38. The molecule has 0 saturated carbocycles. The van der Waals surface area contributed by atoms with Crippen LogP contribution in [0.3, 0.4) is 0 Å². The van der Waals surface area contributed by atoms with Crippen molar-refractivity contribution in [1.82, 2.24) is 0 Å². The molecular formula is C25H14F2O9. The Balaban J connectivity index is 1.92. The number of carbonyl (C=O) groups excluding carboxylic acids is 3. The van der Waals surface area contributed by atoms with Crippen LogP contribution in [0.5, 0.6) is 23.0 Å². The molecular weight excluding hydrogens is 482 g/mol. The summed E-state index contributed by atoms with van der Waals surface area (Å²) in [7, 11) is 0. The maximum absolute atomic E-state index is 15.6. The number of fused-ring (bicyclic) bond motifs is 6. The first-order valence-corrected chi connectivity index (χ1v) is 10.4. The van der Waals surface area contributed by atoms with Crippen molar-refractivity contribution in [3.8, 4) is 23.0 Å². The van der Waals surface area contributed by atoms with Crippen molar-refractivity contribution in [3.63, 3.8) is 0 Å². The third-order valence-electron chi connectivity index (χ3n) is 5.66. The molecule has 36 heavy (non-hydrogen) atoms. The van der Waals surface area contributed by atoms with Crippen molar-refractivity contribution in [2.45, 2.75) is 19.4 Å². The van der Waals surface area contributed by atoms with E-state index < -0.39 is 52.6 Å². The first kappa shape index (κ1) is 23.0. The number of carboxylic acid groups (broad SMARTS) is 1. The van der Waals surface area contributed by atoms with E-state index in [-0.39, 0.29) is 39.3 Å². The van der Waals surface area contributed by atoms with Crippen LogP contribution in [-0.2, 0) is 19.9 Å². The third-order valence-corrected chi connectivity index (χ3v) is 5.66. The number of benzene rings is 3. The van der Waals surface area contributed by atoms with E-state index in [0.29, 0.717) is 0 Å². The molecule has 2 aliphatic heterocycles. The van der Waals surface area contributed by atoms with Crippen molar-refractivity contribution in [2.75, 3.05) is 0 Å². The fraction of sp³-hybridized carbons (Fsp3) is 0.120. The van der Waals surface area contributed by atoms with Gasteiger partial charge in [0.05, 0.1) is 22.3 Å². The molecule has 1 unspecified atom stereocenters. The zero-order valence-corrected chi connectivity index (χ0v) is 18.5. The van der Waals surface area contributed by atoms with Crippen LogP contribution in [0.1, 0.15) is 51.3 Å². The summed E-state index contributed by atoms with van der Waals surface area (Å²) >= 11 is 0. The Bertz CT molecular complexity index is 1530. The summed E-state index contributed by atoms with van der Waals surface area (Å²) in [6.45, 7) is 2.02. The second kappa shape index (κ2) is 7.87. The van der Waals surface area contributed by atoms with E-state index >= 15 is 4.39 Å². The molecule has 0 radical (unpaired) electrons. The number of aromatic carboxylic acids is 1. The molecule has 0 fully saturated rings. The van der Waals surface area contributed by atoms with Gasteiger partial charge in [0.25, 0.3) is 0 Å². The Morgan fingerprint density at radius 3 is 2.31 bits per heavy atom. The maximum Gasteiger partial charge on any atom is 0.340 e. The SMILES string of the molecule is CC(=O)Oc1cc2c(c(OC(C)=O)c1F)C1(OC(=O)c3cc(C(=O)O)ccc31)c1cc(F)ccc1O2. The molecule has 0 saturated heterocycles. The minimum Gasteiger partial charge on any atom is -0.478 e. The molecule has 11 heteroatoms. The molecule has 0 aliphatic carbocycles.